The summed E-state index contributed by atoms with van der Waals surface area (Å²) in [5.74, 6) is -0.279. The molecule has 1 rings (SSSR count). The Morgan fingerprint density at radius 3 is 2.75 bits per heavy atom. The summed E-state index contributed by atoms with van der Waals surface area (Å²) in [6.45, 7) is 2.16. The predicted molar refractivity (Wildman–Crippen MR) is 47.1 cm³/mol. The molecule has 0 fully saturated rings. The number of rotatable bonds is 2. The van der Waals surface area contributed by atoms with Crippen LogP contribution in [0.4, 0.5) is 4.39 Å². The zero-order valence-corrected chi connectivity index (χ0v) is 7.05. The van der Waals surface area contributed by atoms with Crippen LogP contribution in [0.15, 0.2) is 18.2 Å². The van der Waals surface area contributed by atoms with E-state index in [0.717, 1.165) is 5.56 Å². The van der Waals surface area contributed by atoms with Gasteiger partial charge in [-0.2, -0.15) is 0 Å². The van der Waals surface area contributed by atoms with Crippen molar-refractivity contribution < 1.29 is 4.39 Å². The average Bonchev–Trinajstić information content (AvgIpc) is 2.08. The molecule has 0 aliphatic rings. The molecule has 1 aromatic rings. The second-order valence-corrected chi connectivity index (χ2v) is 2.87. The van der Waals surface area contributed by atoms with Gasteiger partial charge in [0.15, 0.2) is 0 Å². The molecule has 0 bridgehead atoms. The fraction of sp³-hybridized carbons (Fsp3) is 0.333. The van der Waals surface area contributed by atoms with Crippen molar-refractivity contribution >= 4 is 0 Å². The SMILES string of the molecule is Cc1ccc(F)c([C@@H](N)CN)c1. The Balaban J connectivity index is 3.04. The van der Waals surface area contributed by atoms with E-state index < -0.39 is 6.04 Å². The minimum Gasteiger partial charge on any atom is -0.329 e. The van der Waals surface area contributed by atoms with Gasteiger partial charge in [0.2, 0.25) is 0 Å². The number of halogens is 1. The lowest BCUT2D eigenvalue weighted by atomic mass is 10.0. The van der Waals surface area contributed by atoms with Crippen molar-refractivity contribution in [2.24, 2.45) is 11.5 Å². The third kappa shape index (κ3) is 1.81. The van der Waals surface area contributed by atoms with Crippen molar-refractivity contribution in [2.45, 2.75) is 13.0 Å². The highest BCUT2D eigenvalue weighted by atomic mass is 19.1. The zero-order chi connectivity index (χ0) is 9.14. The molecule has 0 aliphatic carbocycles. The summed E-state index contributed by atoms with van der Waals surface area (Å²) in [5, 5.41) is 0. The molecule has 0 unspecified atom stereocenters. The van der Waals surface area contributed by atoms with Gasteiger partial charge in [0.25, 0.3) is 0 Å². The van der Waals surface area contributed by atoms with Crippen molar-refractivity contribution in [1.29, 1.82) is 0 Å². The molecular weight excluding hydrogens is 155 g/mol. The van der Waals surface area contributed by atoms with E-state index in [1.807, 2.05) is 6.92 Å². The van der Waals surface area contributed by atoms with Gasteiger partial charge >= 0.3 is 0 Å². The maximum atomic E-state index is 13.1. The number of benzene rings is 1. The van der Waals surface area contributed by atoms with Crippen molar-refractivity contribution in [2.75, 3.05) is 6.54 Å². The second kappa shape index (κ2) is 3.65. The fourth-order valence-electron chi connectivity index (χ4n) is 1.07. The van der Waals surface area contributed by atoms with Crippen LogP contribution in [-0.2, 0) is 0 Å². The van der Waals surface area contributed by atoms with Crippen LogP contribution in [0.1, 0.15) is 17.2 Å². The minimum atomic E-state index is -0.398. The van der Waals surface area contributed by atoms with E-state index >= 15 is 0 Å². The summed E-state index contributed by atoms with van der Waals surface area (Å²) in [6, 6.07) is 4.46. The third-order valence-electron chi connectivity index (χ3n) is 1.80. The summed E-state index contributed by atoms with van der Waals surface area (Å²) in [5.41, 5.74) is 12.4. The molecule has 1 aromatic carbocycles. The van der Waals surface area contributed by atoms with E-state index in [0.29, 0.717) is 5.56 Å². The molecule has 3 heteroatoms. The van der Waals surface area contributed by atoms with Crippen molar-refractivity contribution in [3.8, 4) is 0 Å². The van der Waals surface area contributed by atoms with E-state index in [4.69, 9.17) is 11.5 Å². The molecule has 0 spiro atoms. The highest BCUT2D eigenvalue weighted by Crippen LogP contribution is 2.15. The summed E-state index contributed by atoms with van der Waals surface area (Å²) >= 11 is 0. The zero-order valence-electron chi connectivity index (χ0n) is 7.05. The van der Waals surface area contributed by atoms with E-state index in [9.17, 15) is 4.39 Å². The molecule has 0 heterocycles. The Morgan fingerprint density at radius 1 is 1.50 bits per heavy atom. The lowest BCUT2D eigenvalue weighted by molar-refractivity contribution is 0.583. The molecule has 4 N–H and O–H groups in total. The summed E-state index contributed by atoms with van der Waals surface area (Å²) in [6.07, 6.45) is 0. The number of nitrogens with two attached hydrogens (primary N) is 2. The minimum absolute atomic E-state index is 0.264. The van der Waals surface area contributed by atoms with Crippen molar-refractivity contribution in [3.63, 3.8) is 0 Å². The van der Waals surface area contributed by atoms with Gasteiger partial charge in [-0.05, 0) is 13.0 Å². The Kier molecular flexibility index (Phi) is 2.78. The number of hydrogen-bond acceptors (Lipinski definition) is 2. The highest BCUT2D eigenvalue weighted by molar-refractivity contribution is 5.26. The van der Waals surface area contributed by atoms with Gasteiger partial charge in [-0.15, -0.1) is 0 Å². The third-order valence-corrected chi connectivity index (χ3v) is 1.80. The summed E-state index contributed by atoms with van der Waals surface area (Å²) in [7, 11) is 0. The van der Waals surface area contributed by atoms with Crippen LogP contribution in [0.3, 0.4) is 0 Å². The van der Waals surface area contributed by atoms with Crippen LogP contribution in [0.2, 0.25) is 0 Å². The first-order valence-electron chi connectivity index (χ1n) is 3.87. The topological polar surface area (TPSA) is 52.0 Å². The Morgan fingerprint density at radius 2 is 2.17 bits per heavy atom. The summed E-state index contributed by atoms with van der Waals surface area (Å²) < 4.78 is 13.1. The molecule has 0 saturated heterocycles. The smallest absolute Gasteiger partial charge is 0.128 e. The lowest BCUT2D eigenvalue weighted by Gasteiger charge is -2.10. The standard InChI is InChI=1S/C9H13FN2/c1-6-2-3-8(10)7(4-6)9(12)5-11/h2-4,9H,5,11-12H2,1H3/t9-/m0/s1. The van der Waals surface area contributed by atoms with Gasteiger partial charge in [0, 0.05) is 18.2 Å². The van der Waals surface area contributed by atoms with Gasteiger partial charge < -0.3 is 11.5 Å². The molecule has 0 radical (unpaired) electrons. The largest absolute Gasteiger partial charge is 0.329 e. The van der Waals surface area contributed by atoms with Crippen LogP contribution in [0.25, 0.3) is 0 Å². The first-order valence-corrected chi connectivity index (χ1v) is 3.87. The molecule has 2 nitrogen and oxygen atoms in total. The Bertz CT molecular complexity index is 273. The maximum absolute atomic E-state index is 13.1. The second-order valence-electron chi connectivity index (χ2n) is 2.87. The maximum Gasteiger partial charge on any atom is 0.128 e. The van der Waals surface area contributed by atoms with Gasteiger partial charge in [-0.25, -0.2) is 4.39 Å². The monoisotopic (exact) mass is 168 g/mol. The molecule has 12 heavy (non-hydrogen) atoms. The van der Waals surface area contributed by atoms with E-state index in [1.165, 1.54) is 6.07 Å². The van der Waals surface area contributed by atoms with Crippen LogP contribution in [0.5, 0.6) is 0 Å². The van der Waals surface area contributed by atoms with Crippen LogP contribution < -0.4 is 11.5 Å². The van der Waals surface area contributed by atoms with Crippen molar-refractivity contribution in [1.82, 2.24) is 0 Å². The molecule has 0 aromatic heterocycles. The normalized spacial score (nSPS) is 13.0. The van der Waals surface area contributed by atoms with Gasteiger partial charge in [-0.3, -0.25) is 0 Å². The molecule has 1 atom stereocenters. The Hall–Kier alpha value is -0.930. The van der Waals surface area contributed by atoms with Crippen molar-refractivity contribution in [3.05, 3.63) is 35.1 Å². The van der Waals surface area contributed by atoms with Crippen LogP contribution >= 0.6 is 0 Å². The first-order chi connectivity index (χ1) is 5.65. The van der Waals surface area contributed by atoms with Gasteiger partial charge in [0.05, 0.1) is 0 Å². The lowest BCUT2D eigenvalue weighted by Crippen LogP contribution is -2.21. The van der Waals surface area contributed by atoms with Crippen LogP contribution in [0, 0.1) is 12.7 Å². The van der Waals surface area contributed by atoms with E-state index in [-0.39, 0.29) is 12.4 Å². The van der Waals surface area contributed by atoms with E-state index in [1.54, 1.807) is 12.1 Å². The number of aryl methyl sites for hydroxylation is 1. The van der Waals surface area contributed by atoms with E-state index in [2.05, 4.69) is 0 Å². The molecule has 66 valence electrons. The van der Waals surface area contributed by atoms with Gasteiger partial charge in [-0.1, -0.05) is 17.7 Å². The fourth-order valence-corrected chi connectivity index (χ4v) is 1.07. The average molecular weight is 168 g/mol. The van der Waals surface area contributed by atoms with Gasteiger partial charge in [0.1, 0.15) is 5.82 Å². The Labute approximate surface area is 71.4 Å². The summed E-state index contributed by atoms with van der Waals surface area (Å²) in [4.78, 5) is 0. The molecule has 0 aliphatic heterocycles. The molecule has 0 saturated carbocycles. The highest BCUT2D eigenvalue weighted by Gasteiger charge is 2.08. The number of hydrogen-bond donors (Lipinski definition) is 2. The quantitative estimate of drug-likeness (QED) is 0.694. The molecule has 0 amide bonds. The van der Waals surface area contributed by atoms with Crippen LogP contribution in [-0.4, -0.2) is 6.54 Å². The predicted octanol–water partition coefficient (Wildman–Crippen LogP) is 1.09. The molecular formula is C9H13FN2. The first kappa shape index (κ1) is 9.16.